The molecule has 0 aliphatic heterocycles. The molecule has 2 aliphatic rings. The number of rotatable bonds is 5. The van der Waals surface area contributed by atoms with Crippen molar-refractivity contribution >= 4 is 34.4 Å². The standard InChI is InChI=1S/C25H31ClN6O/c1-32-14-20(19-7-2-3-8-22(19)32)23-21(26)13-28-25(31-23)30-18-6-4-5-17(12-18)29-24(33)15-9-10-16(27)11-15/h2-3,7-8,13-18H,4-6,9-12,27H2,1H3,(H,29,33)(H,28,30,31)/t15-,16+,17-,18+/m0/s1. The van der Waals surface area contributed by atoms with Gasteiger partial charge in [0.1, 0.15) is 0 Å². The van der Waals surface area contributed by atoms with E-state index in [1.165, 1.54) is 0 Å². The predicted molar refractivity (Wildman–Crippen MR) is 132 cm³/mol. The molecule has 2 aliphatic carbocycles. The largest absolute Gasteiger partial charge is 0.353 e. The fraction of sp³-hybridized carbons (Fsp3) is 0.480. The van der Waals surface area contributed by atoms with E-state index in [4.69, 9.17) is 22.3 Å². The van der Waals surface area contributed by atoms with Crippen molar-refractivity contribution in [2.75, 3.05) is 5.32 Å². The number of halogens is 1. The molecule has 2 heterocycles. The normalized spacial score (nSPS) is 25.3. The third-order valence-electron chi connectivity index (χ3n) is 7.09. The molecule has 3 aromatic rings. The summed E-state index contributed by atoms with van der Waals surface area (Å²) in [6.07, 6.45) is 10.3. The highest BCUT2D eigenvalue weighted by atomic mass is 35.5. The summed E-state index contributed by atoms with van der Waals surface area (Å²) in [7, 11) is 2.02. The Morgan fingerprint density at radius 3 is 2.79 bits per heavy atom. The first-order valence-electron chi connectivity index (χ1n) is 11.9. The average Bonchev–Trinajstić information content (AvgIpc) is 3.39. The molecule has 0 bridgehead atoms. The molecule has 1 aromatic carbocycles. The Balaban J connectivity index is 1.29. The number of carbonyl (C=O) groups excluding carboxylic acids is 1. The maximum absolute atomic E-state index is 12.6. The third kappa shape index (κ3) is 4.70. The van der Waals surface area contributed by atoms with Crippen LogP contribution in [0.5, 0.6) is 0 Å². The lowest BCUT2D eigenvalue weighted by Gasteiger charge is -2.31. The molecule has 33 heavy (non-hydrogen) atoms. The number of hydrogen-bond donors (Lipinski definition) is 3. The molecule has 0 unspecified atom stereocenters. The molecule has 0 spiro atoms. The quantitative estimate of drug-likeness (QED) is 0.522. The van der Waals surface area contributed by atoms with Crippen LogP contribution in [0.15, 0.2) is 36.7 Å². The Hall–Kier alpha value is -2.64. The molecule has 0 saturated heterocycles. The van der Waals surface area contributed by atoms with Gasteiger partial charge in [0.15, 0.2) is 0 Å². The number of carbonyl (C=O) groups is 1. The first-order chi connectivity index (χ1) is 16.0. The van der Waals surface area contributed by atoms with E-state index in [1.54, 1.807) is 6.20 Å². The Labute approximate surface area is 199 Å². The molecule has 1 amide bonds. The van der Waals surface area contributed by atoms with Gasteiger partial charge in [0.2, 0.25) is 11.9 Å². The van der Waals surface area contributed by atoms with Crippen LogP contribution in [0.25, 0.3) is 22.2 Å². The van der Waals surface area contributed by atoms with Gasteiger partial charge in [-0.25, -0.2) is 9.97 Å². The summed E-state index contributed by atoms with van der Waals surface area (Å²) in [5, 5.41) is 8.40. The van der Waals surface area contributed by atoms with Crippen LogP contribution in [-0.4, -0.2) is 38.6 Å². The lowest BCUT2D eigenvalue weighted by atomic mass is 9.90. The highest BCUT2D eigenvalue weighted by molar-refractivity contribution is 6.33. The second-order valence-corrected chi connectivity index (χ2v) is 9.95. The van der Waals surface area contributed by atoms with Crippen LogP contribution in [0.3, 0.4) is 0 Å². The van der Waals surface area contributed by atoms with E-state index >= 15 is 0 Å². The zero-order valence-electron chi connectivity index (χ0n) is 18.9. The Morgan fingerprint density at radius 1 is 1.15 bits per heavy atom. The number of hydrogen-bond acceptors (Lipinski definition) is 5. The van der Waals surface area contributed by atoms with Gasteiger partial charge >= 0.3 is 0 Å². The average molecular weight is 467 g/mol. The molecule has 2 aromatic heterocycles. The third-order valence-corrected chi connectivity index (χ3v) is 7.37. The fourth-order valence-electron chi connectivity index (χ4n) is 5.36. The van der Waals surface area contributed by atoms with Crippen LogP contribution in [0, 0.1) is 5.92 Å². The highest BCUT2D eigenvalue weighted by Gasteiger charge is 2.31. The van der Waals surface area contributed by atoms with Crippen LogP contribution in [0.4, 0.5) is 5.95 Å². The zero-order valence-corrected chi connectivity index (χ0v) is 19.7. The van der Waals surface area contributed by atoms with Gasteiger partial charge in [0, 0.05) is 53.8 Å². The van der Waals surface area contributed by atoms with Gasteiger partial charge in [-0.05, 0) is 51.0 Å². The molecule has 5 rings (SSSR count). The number of nitrogens with one attached hydrogen (secondary N) is 2. The number of anilines is 1. The monoisotopic (exact) mass is 466 g/mol. The van der Waals surface area contributed by atoms with Crippen molar-refractivity contribution in [3.8, 4) is 11.3 Å². The number of amides is 1. The van der Waals surface area contributed by atoms with Crippen LogP contribution < -0.4 is 16.4 Å². The van der Waals surface area contributed by atoms with E-state index < -0.39 is 0 Å². The summed E-state index contributed by atoms with van der Waals surface area (Å²) in [6.45, 7) is 0. The van der Waals surface area contributed by atoms with Crippen molar-refractivity contribution in [1.82, 2.24) is 19.9 Å². The molecule has 174 valence electrons. The number of nitrogens with zero attached hydrogens (tertiary/aromatic N) is 3. The van der Waals surface area contributed by atoms with Crippen molar-refractivity contribution < 1.29 is 4.79 Å². The van der Waals surface area contributed by atoms with Gasteiger partial charge in [0.05, 0.1) is 16.9 Å². The van der Waals surface area contributed by atoms with Crippen LogP contribution in [0.1, 0.15) is 44.9 Å². The van der Waals surface area contributed by atoms with Crippen LogP contribution >= 0.6 is 11.6 Å². The minimum absolute atomic E-state index is 0.0659. The molecular weight excluding hydrogens is 436 g/mol. The Kier molecular flexibility index (Phi) is 6.25. The summed E-state index contributed by atoms with van der Waals surface area (Å²) in [4.78, 5) is 21.9. The van der Waals surface area contributed by atoms with Crippen LogP contribution in [0.2, 0.25) is 5.02 Å². The van der Waals surface area contributed by atoms with Crippen molar-refractivity contribution in [2.24, 2.45) is 18.7 Å². The molecule has 8 heteroatoms. The van der Waals surface area contributed by atoms with Crippen molar-refractivity contribution in [3.05, 3.63) is 41.7 Å². The highest BCUT2D eigenvalue weighted by Crippen LogP contribution is 2.34. The van der Waals surface area contributed by atoms with Gasteiger partial charge in [0.25, 0.3) is 0 Å². The summed E-state index contributed by atoms with van der Waals surface area (Å²) in [5.41, 5.74) is 8.84. The lowest BCUT2D eigenvalue weighted by Crippen LogP contribution is -2.44. The number of benzene rings is 1. The van der Waals surface area contributed by atoms with Crippen molar-refractivity contribution in [2.45, 2.75) is 63.1 Å². The minimum atomic E-state index is 0.0659. The SMILES string of the molecule is Cn1cc(-c2nc(N[C@@H]3CCC[C@H](NC(=O)[C@H]4CC[C@@H](N)C4)C3)ncc2Cl)c2ccccc21. The number of fused-ring (bicyclic) bond motifs is 1. The maximum atomic E-state index is 12.6. The second kappa shape index (κ2) is 9.31. The smallest absolute Gasteiger partial charge is 0.223 e. The fourth-order valence-corrected chi connectivity index (χ4v) is 5.56. The molecule has 0 radical (unpaired) electrons. The Bertz CT molecular complexity index is 1160. The molecule has 7 nitrogen and oxygen atoms in total. The minimum Gasteiger partial charge on any atom is -0.353 e. The van der Waals surface area contributed by atoms with E-state index in [1.807, 2.05) is 19.2 Å². The molecule has 2 fully saturated rings. The number of aromatic nitrogens is 3. The first kappa shape index (κ1) is 22.2. The summed E-state index contributed by atoms with van der Waals surface area (Å²) in [5.74, 6) is 0.798. The van der Waals surface area contributed by atoms with Crippen LogP contribution in [-0.2, 0) is 11.8 Å². The molecule has 4 atom stereocenters. The van der Waals surface area contributed by atoms with E-state index in [0.29, 0.717) is 11.0 Å². The van der Waals surface area contributed by atoms with Crippen molar-refractivity contribution in [1.29, 1.82) is 0 Å². The van der Waals surface area contributed by atoms with Gasteiger partial charge in [-0.15, -0.1) is 0 Å². The van der Waals surface area contributed by atoms with Gasteiger partial charge in [-0.3, -0.25) is 4.79 Å². The molecular formula is C25H31ClN6O. The van der Waals surface area contributed by atoms with Gasteiger partial charge in [-0.1, -0.05) is 29.8 Å². The second-order valence-electron chi connectivity index (χ2n) is 9.54. The number of aryl methyl sites for hydroxylation is 1. The lowest BCUT2D eigenvalue weighted by molar-refractivity contribution is -0.125. The summed E-state index contributed by atoms with van der Waals surface area (Å²) in [6, 6.07) is 8.77. The van der Waals surface area contributed by atoms with E-state index in [-0.39, 0.29) is 30.0 Å². The number of nitrogens with two attached hydrogens (primary N) is 1. The molecule has 4 N–H and O–H groups in total. The molecule has 2 saturated carbocycles. The van der Waals surface area contributed by atoms with Crippen molar-refractivity contribution in [3.63, 3.8) is 0 Å². The van der Waals surface area contributed by atoms with E-state index in [0.717, 1.165) is 67.1 Å². The van der Waals surface area contributed by atoms with Gasteiger partial charge in [-0.2, -0.15) is 0 Å². The first-order valence-corrected chi connectivity index (χ1v) is 12.2. The van der Waals surface area contributed by atoms with E-state index in [2.05, 4.69) is 38.5 Å². The van der Waals surface area contributed by atoms with E-state index in [9.17, 15) is 4.79 Å². The zero-order chi connectivity index (χ0) is 22.9. The Morgan fingerprint density at radius 2 is 1.97 bits per heavy atom. The topological polar surface area (TPSA) is 97.9 Å². The summed E-state index contributed by atoms with van der Waals surface area (Å²) >= 11 is 6.52. The van der Waals surface area contributed by atoms with Gasteiger partial charge < -0.3 is 20.9 Å². The predicted octanol–water partition coefficient (Wildman–Crippen LogP) is 4.26. The maximum Gasteiger partial charge on any atom is 0.223 e. The summed E-state index contributed by atoms with van der Waals surface area (Å²) < 4.78 is 2.09. The number of para-hydroxylation sites is 1.